The second kappa shape index (κ2) is 7.96. The van der Waals surface area contributed by atoms with Crippen LogP contribution in [-0.4, -0.2) is 30.8 Å². The number of fused-ring (bicyclic) bond motifs is 1. The molecule has 5 heteroatoms. The van der Waals surface area contributed by atoms with Gasteiger partial charge in [-0.15, -0.1) is 0 Å². The number of hydrogen-bond donors (Lipinski definition) is 0. The number of carbonyl (C=O) groups is 1. The molecule has 0 saturated heterocycles. The van der Waals surface area contributed by atoms with Crippen molar-refractivity contribution in [3.63, 3.8) is 0 Å². The number of halogens is 1. The molecule has 0 saturated carbocycles. The maximum absolute atomic E-state index is 11.9. The summed E-state index contributed by atoms with van der Waals surface area (Å²) in [5, 5.41) is 1.31. The molecule has 0 aliphatic rings. The molecular formula is C16H18ClNO3. The predicted octanol–water partition coefficient (Wildman–Crippen LogP) is 3.86. The summed E-state index contributed by atoms with van der Waals surface area (Å²) in [6, 6.07) is 8.93. The molecule has 0 fully saturated rings. The van der Waals surface area contributed by atoms with Gasteiger partial charge in [-0.05, 0) is 18.6 Å². The van der Waals surface area contributed by atoms with Crippen LogP contribution in [0.4, 0.5) is 0 Å². The van der Waals surface area contributed by atoms with Crippen molar-refractivity contribution in [2.75, 3.05) is 19.8 Å². The van der Waals surface area contributed by atoms with Crippen LogP contribution in [0.5, 0.6) is 0 Å². The molecule has 0 aliphatic heterocycles. The smallest absolute Gasteiger partial charge is 0.357 e. The van der Waals surface area contributed by atoms with Gasteiger partial charge in [0.15, 0.2) is 5.69 Å². The van der Waals surface area contributed by atoms with Crippen LogP contribution >= 0.6 is 11.6 Å². The molecule has 4 nitrogen and oxygen atoms in total. The largest absolute Gasteiger partial charge is 0.459 e. The van der Waals surface area contributed by atoms with Gasteiger partial charge in [-0.3, -0.25) is 0 Å². The Bertz CT molecular complexity index is 615. The van der Waals surface area contributed by atoms with Crippen molar-refractivity contribution in [1.29, 1.82) is 0 Å². The zero-order valence-electron chi connectivity index (χ0n) is 12.0. The lowest BCUT2D eigenvalue weighted by Crippen LogP contribution is -2.12. The SMILES string of the molecule is CCCCOCCOC(=O)c1cc(Cl)c2ccccc2n1. The third-order valence-corrected chi connectivity index (χ3v) is 3.29. The highest BCUT2D eigenvalue weighted by atomic mass is 35.5. The molecule has 1 aromatic heterocycles. The Morgan fingerprint density at radius 3 is 2.86 bits per heavy atom. The molecular weight excluding hydrogens is 290 g/mol. The lowest BCUT2D eigenvalue weighted by molar-refractivity contribution is 0.0308. The van der Waals surface area contributed by atoms with Gasteiger partial charge >= 0.3 is 5.97 Å². The van der Waals surface area contributed by atoms with Crippen LogP contribution in [0.25, 0.3) is 10.9 Å². The number of esters is 1. The molecule has 0 spiro atoms. The topological polar surface area (TPSA) is 48.4 Å². The molecule has 21 heavy (non-hydrogen) atoms. The summed E-state index contributed by atoms with van der Waals surface area (Å²) in [6.45, 7) is 3.40. The van der Waals surface area contributed by atoms with E-state index >= 15 is 0 Å². The Morgan fingerprint density at radius 2 is 2.05 bits per heavy atom. The molecule has 0 radical (unpaired) electrons. The normalized spacial score (nSPS) is 10.8. The minimum Gasteiger partial charge on any atom is -0.459 e. The standard InChI is InChI=1S/C16H18ClNO3/c1-2-3-8-20-9-10-21-16(19)15-11-13(17)12-6-4-5-7-14(12)18-15/h4-7,11H,2-3,8-10H2,1H3. The van der Waals surface area contributed by atoms with Crippen LogP contribution in [0.1, 0.15) is 30.3 Å². The highest BCUT2D eigenvalue weighted by Crippen LogP contribution is 2.22. The van der Waals surface area contributed by atoms with E-state index in [0.29, 0.717) is 23.8 Å². The summed E-state index contributed by atoms with van der Waals surface area (Å²) in [5.74, 6) is -0.484. The van der Waals surface area contributed by atoms with Gasteiger partial charge in [0.1, 0.15) is 6.61 Å². The lowest BCUT2D eigenvalue weighted by atomic mass is 10.2. The fourth-order valence-corrected chi connectivity index (χ4v) is 2.12. The third-order valence-electron chi connectivity index (χ3n) is 2.98. The zero-order valence-corrected chi connectivity index (χ0v) is 12.7. The molecule has 2 rings (SSSR count). The van der Waals surface area contributed by atoms with E-state index in [-0.39, 0.29) is 12.3 Å². The van der Waals surface area contributed by atoms with Gasteiger partial charge < -0.3 is 9.47 Å². The molecule has 0 N–H and O–H groups in total. The van der Waals surface area contributed by atoms with Crippen LogP contribution in [0.15, 0.2) is 30.3 Å². The monoisotopic (exact) mass is 307 g/mol. The van der Waals surface area contributed by atoms with E-state index in [1.54, 1.807) is 0 Å². The van der Waals surface area contributed by atoms with Crippen LogP contribution in [-0.2, 0) is 9.47 Å². The summed E-state index contributed by atoms with van der Waals surface area (Å²) < 4.78 is 10.5. The van der Waals surface area contributed by atoms with Crippen LogP contribution in [0.3, 0.4) is 0 Å². The van der Waals surface area contributed by atoms with Gasteiger partial charge in [0.25, 0.3) is 0 Å². The minimum atomic E-state index is -0.484. The van der Waals surface area contributed by atoms with Gasteiger partial charge in [0.2, 0.25) is 0 Å². The van der Waals surface area contributed by atoms with Crippen molar-refractivity contribution in [3.05, 3.63) is 41.0 Å². The van der Waals surface area contributed by atoms with E-state index in [4.69, 9.17) is 21.1 Å². The Balaban J connectivity index is 1.93. The number of pyridine rings is 1. The second-order valence-electron chi connectivity index (χ2n) is 4.61. The Kier molecular flexibility index (Phi) is 5.96. The molecule has 112 valence electrons. The van der Waals surface area contributed by atoms with E-state index in [0.717, 1.165) is 18.2 Å². The minimum absolute atomic E-state index is 0.215. The van der Waals surface area contributed by atoms with Crippen molar-refractivity contribution in [2.24, 2.45) is 0 Å². The molecule has 0 aliphatic carbocycles. The van der Waals surface area contributed by atoms with Gasteiger partial charge in [0, 0.05) is 12.0 Å². The van der Waals surface area contributed by atoms with Crippen molar-refractivity contribution in [2.45, 2.75) is 19.8 Å². The van der Waals surface area contributed by atoms with Gasteiger partial charge in [-0.1, -0.05) is 43.1 Å². The Labute approximate surface area is 129 Å². The van der Waals surface area contributed by atoms with Gasteiger partial charge in [0.05, 0.1) is 17.1 Å². The number of aromatic nitrogens is 1. The number of rotatable bonds is 7. The first-order chi connectivity index (χ1) is 10.2. The lowest BCUT2D eigenvalue weighted by Gasteiger charge is -2.07. The van der Waals surface area contributed by atoms with Crippen molar-refractivity contribution in [3.8, 4) is 0 Å². The number of nitrogens with zero attached hydrogens (tertiary/aromatic N) is 1. The molecule has 2 aromatic rings. The summed E-state index contributed by atoms with van der Waals surface area (Å²) in [5.41, 5.74) is 0.892. The first-order valence-electron chi connectivity index (χ1n) is 7.02. The first-order valence-corrected chi connectivity index (χ1v) is 7.40. The van der Waals surface area contributed by atoms with Crippen molar-refractivity contribution in [1.82, 2.24) is 4.98 Å². The maximum atomic E-state index is 11.9. The maximum Gasteiger partial charge on any atom is 0.357 e. The number of hydrogen-bond acceptors (Lipinski definition) is 4. The van der Waals surface area contributed by atoms with Crippen molar-refractivity contribution < 1.29 is 14.3 Å². The van der Waals surface area contributed by atoms with E-state index < -0.39 is 5.97 Å². The molecule has 1 heterocycles. The molecule has 0 amide bonds. The average Bonchev–Trinajstić information content (AvgIpc) is 2.50. The Hall–Kier alpha value is -1.65. The number of ether oxygens (including phenoxy) is 2. The van der Waals surface area contributed by atoms with Crippen LogP contribution in [0, 0.1) is 0 Å². The fourth-order valence-electron chi connectivity index (χ4n) is 1.85. The second-order valence-corrected chi connectivity index (χ2v) is 5.02. The molecule has 0 unspecified atom stereocenters. The third kappa shape index (κ3) is 4.41. The van der Waals surface area contributed by atoms with E-state index in [9.17, 15) is 4.79 Å². The molecule has 0 atom stereocenters. The Morgan fingerprint density at radius 1 is 1.24 bits per heavy atom. The summed E-state index contributed by atoms with van der Waals surface area (Å²) in [4.78, 5) is 16.2. The summed E-state index contributed by atoms with van der Waals surface area (Å²) in [6.07, 6.45) is 2.09. The zero-order chi connectivity index (χ0) is 15.1. The van der Waals surface area contributed by atoms with E-state index in [1.165, 1.54) is 6.07 Å². The quantitative estimate of drug-likeness (QED) is 0.575. The van der Waals surface area contributed by atoms with E-state index in [1.807, 2.05) is 24.3 Å². The van der Waals surface area contributed by atoms with Crippen LogP contribution < -0.4 is 0 Å². The number of benzene rings is 1. The fraction of sp³-hybridized carbons (Fsp3) is 0.375. The van der Waals surface area contributed by atoms with E-state index in [2.05, 4.69) is 11.9 Å². The predicted molar refractivity (Wildman–Crippen MR) is 82.8 cm³/mol. The van der Waals surface area contributed by atoms with Crippen molar-refractivity contribution >= 4 is 28.5 Å². The number of carbonyl (C=O) groups excluding carboxylic acids is 1. The number of para-hydroxylation sites is 1. The highest BCUT2D eigenvalue weighted by molar-refractivity contribution is 6.35. The molecule has 1 aromatic carbocycles. The van der Waals surface area contributed by atoms with Gasteiger partial charge in [-0.2, -0.15) is 0 Å². The summed E-state index contributed by atoms with van der Waals surface area (Å²) >= 11 is 6.15. The average molecular weight is 308 g/mol. The first kappa shape index (κ1) is 15.7. The van der Waals surface area contributed by atoms with Crippen LogP contribution in [0.2, 0.25) is 5.02 Å². The summed E-state index contributed by atoms with van der Waals surface area (Å²) in [7, 11) is 0. The highest BCUT2D eigenvalue weighted by Gasteiger charge is 2.12. The number of unbranched alkanes of at least 4 members (excludes halogenated alkanes) is 1. The molecule has 0 bridgehead atoms. The van der Waals surface area contributed by atoms with Gasteiger partial charge in [-0.25, -0.2) is 9.78 Å².